The molecule has 1 aromatic heterocycles. The summed E-state index contributed by atoms with van der Waals surface area (Å²) in [4.78, 5) is 16.4. The molecule has 0 bridgehead atoms. The van der Waals surface area contributed by atoms with Gasteiger partial charge in [0, 0.05) is 17.2 Å². The fourth-order valence-corrected chi connectivity index (χ4v) is 3.66. The number of aromatic nitrogens is 1. The van der Waals surface area contributed by atoms with Crippen LogP contribution in [0.2, 0.25) is 0 Å². The van der Waals surface area contributed by atoms with E-state index in [2.05, 4.69) is 48.4 Å². The SMILES string of the molecule is CC[C@H](C)NC(=O)Cc1csc(SCc2ccc(C)cc2)n1. The molecule has 22 heavy (non-hydrogen) atoms. The predicted molar refractivity (Wildman–Crippen MR) is 94.5 cm³/mol. The zero-order valence-corrected chi connectivity index (χ0v) is 14.9. The third kappa shape index (κ3) is 5.46. The Labute approximate surface area is 140 Å². The number of amides is 1. The van der Waals surface area contributed by atoms with Gasteiger partial charge in [0.1, 0.15) is 4.34 Å². The Morgan fingerprint density at radius 1 is 1.36 bits per heavy atom. The minimum absolute atomic E-state index is 0.0507. The number of hydrogen-bond acceptors (Lipinski definition) is 4. The van der Waals surface area contributed by atoms with Crippen LogP contribution in [0.3, 0.4) is 0 Å². The number of rotatable bonds is 7. The van der Waals surface area contributed by atoms with Crippen LogP contribution in [0.25, 0.3) is 0 Å². The van der Waals surface area contributed by atoms with E-state index in [1.54, 1.807) is 23.1 Å². The highest BCUT2D eigenvalue weighted by Gasteiger charge is 2.10. The van der Waals surface area contributed by atoms with Gasteiger partial charge in [0.25, 0.3) is 0 Å². The summed E-state index contributed by atoms with van der Waals surface area (Å²) in [5.41, 5.74) is 3.43. The number of thioether (sulfide) groups is 1. The maximum atomic E-state index is 11.8. The predicted octanol–water partition coefficient (Wildman–Crippen LogP) is 4.20. The molecule has 0 spiro atoms. The summed E-state index contributed by atoms with van der Waals surface area (Å²) in [6.07, 6.45) is 1.31. The summed E-state index contributed by atoms with van der Waals surface area (Å²) >= 11 is 3.33. The maximum Gasteiger partial charge on any atom is 0.226 e. The molecule has 5 heteroatoms. The van der Waals surface area contributed by atoms with Gasteiger partial charge in [-0.3, -0.25) is 4.79 Å². The van der Waals surface area contributed by atoms with E-state index in [0.717, 1.165) is 22.2 Å². The van der Waals surface area contributed by atoms with Gasteiger partial charge in [-0.25, -0.2) is 4.98 Å². The van der Waals surface area contributed by atoms with E-state index in [4.69, 9.17) is 0 Å². The van der Waals surface area contributed by atoms with E-state index in [-0.39, 0.29) is 11.9 Å². The van der Waals surface area contributed by atoms with E-state index in [9.17, 15) is 4.79 Å². The molecule has 0 aliphatic carbocycles. The van der Waals surface area contributed by atoms with Gasteiger partial charge in [-0.05, 0) is 25.8 Å². The van der Waals surface area contributed by atoms with Gasteiger partial charge in [-0.15, -0.1) is 11.3 Å². The highest BCUT2D eigenvalue weighted by Crippen LogP contribution is 2.26. The summed E-state index contributed by atoms with van der Waals surface area (Å²) in [5, 5.41) is 4.95. The van der Waals surface area contributed by atoms with Crippen LogP contribution in [0.5, 0.6) is 0 Å². The number of carbonyl (C=O) groups is 1. The molecule has 118 valence electrons. The summed E-state index contributed by atoms with van der Waals surface area (Å²) in [7, 11) is 0. The van der Waals surface area contributed by atoms with E-state index < -0.39 is 0 Å². The maximum absolute atomic E-state index is 11.8. The number of hydrogen-bond donors (Lipinski definition) is 1. The van der Waals surface area contributed by atoms with Crippen LogP contribution >= 0.6 is 23.1 Å². The van der Waals surface area contributed by atoms with Crippen molar-refractivity contribution in [1.29, 1.82) is 0 Å². The Bertz CT molecular complexity index is 607. The first-order valence-electron chi connectivity index (χ1n) is 7.49. The Hall–Kier alpha value is -1.33. The fourth-order valence-electron chi connectivity index (χ4n) is 1.86. The van der Waals surface area contributed by atoms with Crippen molar-refractivity contribution in [2.75, 3.05) is 0 Å². The van der Waals surface area contributed by atoms with E-state index in [1.807, 2.05) is 12.3 Å². The second-order valence-electron chi connectivity index (χ2n) is 5.43. The number of nitrogens with zero attached hydrogens (tertiary/aromatic N) is 1. The van der Waals surface area contributed by atoms with Crippen molar-refractivity contribution >= 4 is 29.0 Å². The normalized spacial score (nSPS) is 12.1. The highest BCUT2D eigenvalue weighted by atomic mass is 32.2. The molecule has 0 saturated heterocycles. The van der Waals surface area contributed by atoms with E-state index in [0.29, 0.717) is 6.42 Å². The molecular weight excluding hydrogens is 312 g/mol. The topological polar surface area (TPSA) is 42.0 Å². The van der Waals surface area contributed by atoms with Gasteiger partial charge in [-0.2, -0.15) is 0 Å². The molecule has 3 nitrogen and oxygen atoms in total. The molecule has 0 unspecified atom stereocenters. The summed E-state index contributed by atoms with van der Waals surface area (Å²) in [6.45, 7) is 6.17. The number of benzene rings is 1. The van der Waals surface area contributed by atoms with Gasteiger partial charge in [0.05, 0.1) is 12.1 Å². The molecule has 2 rings (SSSR count). The number of carbonyl (C=O) groups excluding carboxylic acids is 1. The number of thiazole rings is 1. The second-order valence-corrected chi connectivity index (χ2v) is 7.51. The summed E-state index contributed by atoms with van der Waals surface area (Å²) in [6, 6.07) is 8.78. The van der Waals surface area contributed by atoms with Crippen LogP contribution in [0.1, 0.15) is 37.1 Å². The first kappa shape index (κ1) is 17.0. The lowest BCUT2D eigenvalue weighted by atomic mass is 10.2. The molecular formula is C17H22N2OS2. The molecule has 0 aliphatic rings. The van der Waals surface area contributed by atoms with Crippen molar-refractivity contribution in [2.45, 2.75) is 49.7 Å². The molecule has 1 heterocycles. The van der Waals surface area contributed by atoms with E-state index >= 15 is 0 Å². The van der Waals surface area contributed by atoms with Crippen molar-refractivity contribution in [3.8, 4) is 0 Å². The largest absolute Gasteiger partial charge is 0.353 e. The minimum atomic E-state index is 0.0507. The zero-order valence-electron chi connectivity index (χ0n) is 13.3. The first-order valence-corrected chi connectivity index (χ1v) is 9.35. The lowest BCUT2D eigenvalue weighted by Crippen LogP contribution is -2.33. The minimum Gasteiger partial charge on any atom is -0.353 e. The molecule has 1 N–H and O–H groups in total. The van der Waals surface area contributed by atoms with Crippen molar-refractivity contribution in [3.05, 3.63) is 46.5 Å². The fraction of sp³-hybridized carbons (Fsp3) is 0.412. The average Bonchev–Trinajstić information content (AvgIpc) is 2.93. The lowest BCUT2D eigenvalue weighted by molar-refractivity contribution is -0.121. The quantitative estimate of drug-likeness (QED) is 0.772. The second kappa shape index (κ2) is 8.34. The van der Waals surface area contributed by atoms with Crippen molar-refractivity contribution in [1.82, 2.24) is 10.3 Å². The first-order chi connectivity index (χ1) is 10.6. The van der Waals surface area contributed by atoms with Crippen LogP contribution < -0.4 is 5.32 Å². The molecule has 1 amide bonds. The Balaban J connectivity index is 1.83. The van der Waals surface area contributed by atoms with Crippen molar-refractivity contribution < 1.29 is 4.79 Å². The highest BCUT2D eigenvalue weighted by molar-refractivity contribution is 8.00. The number of aryl methyl sites for hydroxylation is 1. The molecule has 1 aromatic carbocycles. The van der Waals surface area contributed by atoms with Crippen LogP contribution in [0.15, 0.2) is 34.0 Å². The molecule has 0 aliphatic heterocycles. The van der Waals surface area contributed by atoms with Crippen LogP contribution in [0, 0.1) is 6.92 Å². The summed E-state index contributed by atoms with van der Waals surface area (Å²) in [5.74, 6) is 0.960. The van der Waals surface area contributed by atoms with Gasteiger partial charge in [-0.1, -0.05) is 48.5 Å². The molecule has 2 aromatic rings. The third-order valence-electron chi connectivity index (χ3n) is 3.38. The van der Waals surface area contributed by atoms with Crippen LogP contribution in [-0.2, 0) is 17.0 Å². The number of nitrogens with one attached hydrogen (secondary N) is 1. The van der Waals surface area contributed by atoms with E-state index in [1.165, 1.54) is 11.1 Å². The van der Waals surface area contributed by atoms with Crippen molar-refractivity contribution in [2.24, 2.45) is 0 Å². The molecule has 0 saturated carbocycles. The zero-order chi connectivity index (χ0) is 15.9. The molecule has 0 fully saturated rings. The van der Waals surface area contributed by atoms with Crippen LogP contribution in [0.4, 0.5) is 0 Å². The third-order valence-corrected chi connectivity index (χ3v) is 5.52. The smallest absolute Gasteiger partial charge is 0.226 e. The summed E-state index contributed by atoms with van der Waals surface area (Å²) < 4.78 is 1.02. The molecule has 0 radical (unpaired) electrons. The van der Waals surface area contributed by atoms with Crippen molar-refractivity contribution in [3.63, 3.8) is 0 Å². The Kier molecular flexibility index (Phi) is 6.46. The van der Waals surface area contributed by atoms with Gasteiger partial charge < -0.3 is 5.32 Å². The average molecular weight is 335 g/mol. The molecule has 1 atom stereocenters. The van der Waals surface area contributed by atoms with Gasteiger partial charge in [0.15, 0.2) is 0 Å². The standard InChI is InChI=1S/C17H22N2OS2/c1-4-13(3)18-16(20)9-15-11-22-17(19-15)21-10-14-7-5-12(2)6-8-14/h5-8,11,13H,4,9-10H2,1-3H3,(H,18,20)/t13-/m0/s1. The van der Waals surface area contributed by atoms with Gasteiger partial charge >= 0.3 is 0 Å². The Morgan fingerprint density at radius 2 is 2.09 bits per heavy atom. The van der Waals surface area contributed by atoms with Gasteiger partial charge in [0.2, 0.25) is 5.91 Å². The monoisotopic (exact) mass is 334 g/mol. The van der Waals surface area contributed by atoms with Crippen LogP contribution in [-0.4, -0.2) is 16.9 Å². The Morgan fingerprint density at radius 3 is 2.77 bits per heavy atom. The lowest BCUT2D eigenvalue weighted by Gasteiger charge is -2.10.